The summed E-state index contributed by atoms with van der Waals surface area (Å²) >= 11 is 0. The van der Waals surface area contributed by atoms with E-state index < -0.39 is 10.8 Å². The number of methoxy groups -OCH3 is 1. The van der Waals surface area contributed by atoms with Crippen LogP contribution in [0.5, 0.6) is 5.75 Å². The first-order valence-electron chi connectivity index (χ1n) is 6.52. The van der Waals surface area contributed by atoms with E-state index in [1.807, 2.05) is 0 Å². The van der Waals surface area contributed by atoms with E-state index in [4.69, 9.17) is 10.5 Å². The highest BCUT2D eigenvalue weighted by Crippen LogP contribution is 2.18. The number of para-hydroxylation sites is 1. The SMILES string of the molecule is COc1ccccc1/C=N/NC(=O)c1cc(N)cc([N+](=O)[O-])c1. The van der Waals surface area contributed by atoms with Gasteiger partial charge in [0.25, 0.3) is 11.6 Å². The van der Waals surface area contributed by atoms with Gasteiger partial charge in [0, 0.05) is 23.4 Å². The minimum Gasteiger partial charge on any atom is -0.496 e. The molecule has 23 heavy (non-hydrogen) atoms. The number of nitrogens with zero attached hydrogens (tertiary/aromatic N) is 2. The van der Waals surface area contributed by atoms with Gasteiger partial charge in [0.15, 0.2) is 0 Å². The van der Waals surface area contributed by atoms with E-state index >= 15 is 0 Å². The summed E-state index contributed by atoms with van der Waals surface area (Å²) in [5.74, 6) is -0.00311. The molecule has 0 fully saturated rings. The molecule has 0 unspecified atom stereocenters. The molecular weight excluding hydrogens is 300 g/mol. The largest absolute Gasteiger partial charge is 0.496 e. The minimum atomic E-state index is -0.620. The Labute approximate surface area is 131 Å². The van der Waals surface area contributed by atoms with E-state index in [1.165, 1.54) is 25.5 Å². The van der Waals surface area contributed by atoms with Crippen molar-refractivity contribution in [3.63, 3.8) is 0 Å². The molecule has 3 N–H and O–H groups in total. The second-order valence-corrected chi connectivity index (χ2v) is 4.51. The molecule has 8 nitrogen and oxygen atoms in total. The lowest BCUT2D eigenvalue weighted by Crippen LogP contribution is -2.18. The van der Waals surface area contributed by atoms with Crippen molar-refractivity contribution in [3.8, 4) is 5.75 Å². The summed E-state index contributed by atoms with van der Waals surface area (Å²) in [6.45, 7) is 0. The van der Waals surface area contributed by atoms with Crippen LogP contribution in [-0.4, -0.2) is 24.2 Å². The predicted molar refractivity (Wildman–Crippen MR) is 85.6 cm³/mol. The van der Waals surface area contributed by atoms with Crippen molar-refractivity contribution < 1.29 is 14.5 Å². The minimum absolute atomic E-state index is 0.0499. The Kier molecular flexibility index (Phi) is 4.88. The van der Waals surface area contributed by atoms with Gasteiger partial charge in [0.1, 0.15) is 5.75 Å². The van der Waals surface area contributed by atoms with Gasteiger partial charge in [-0.15, -0.1) is 0 Å². The average Bonchev–Trinajstić information content (AvgIpc) is 2.54. The highest BCUT2D eigenvalue weighted by molar-refractivity contribution is 5.96. The lowest BCUT2D eigenvalue weighted by atomic mass is 10.1. The molecule has 0 spiro atoms. The number of amides is 1. The lowest BCUT2D eigenvalue weighted by molar-refractivity contribution is -0.384. The van der Waals surface area contributed by atoms with Gasteiger partial charge in [-0.3, -0.25) is 14.9 Å². The van der Waals surface area contributed by atoms with Crippen LogP contribution in [0.3, 0.4) is 0 Å². The number of non-ortho nitro benzene ring substituents is 1. The number of nitrogens with two attached hydrogens (primary N) is 1. The third-order valence-electron chi connectivity index (χ3n) is 2.92. The quantitative estimate of drug-likeness (QED) is 0.378. The van der Waals surface area contributed by atoms with Gasteiger partial charge >= 0.3 is 0 Å². The second kappa shape index (κ2) is 7.03. The molecule has 2 rings (SSSR count). The number of nitrogen functional groups attached to an aromatic ring is 1. The summed E-state index contributed by atoms with van der Waals surface area (Å²) in [5.41, 5.74) is 8.43. The number of hydrogen-bond acceptors (Lipinski definition) is 6. The highest BCUT2D eigenvalue weighted by Gasteiger charge is 2.13. The number of hydrazone groups is 1. The fraction of sp³-hybridized carbons (Fsp3) is 0.0667. The van der Waals surface area contributed by atoms with Crippen molar-refractivity contribution in [2.24, 2.45) is 5.10 Å². The fourth-order valence-electron chi connectivity index (χ4n) is 1.87. The molecule has 2 aromatic rings. The molecule has 0 radical (unpaired) electrons. The summed E-state index contributed by atoms with van der Waals surface area (Å²) in [7, 11) is 1.52. The molecule has 0 aliphatic rings. The number of nitro groups is 1. The first-order valence-corrected chi connectivity index (χ1v) is 6.52. The molecule has 2 aromatic carbocycles. The van der Waals surface area contributed by atoms with E-state index in [0.29, 0.717) is 11.3 Å². The molecule has 0 aromatic heterocycles. The topological polar surface area (TPSA) is 120 Å². The van der Waals surface area contributed by atoms with E-state index in [2.05, 4.69) is 10.5 Å². The Morgan fingerprint density at radius 1 is 1.35 bits per heavy atom. The Morgan fingerprint density at radius 2 is 2.09 bits per heavy atom. The van der Waals surface area contributed by atoms with Crippen LogP contribution in [0.4, 0.5) is 11.4 Å². The van der Waals surface area contributed by atoms with Gasteiger partial charge in [-0.05, 0) is 18.2 Å². The first kappa shape index (κ1) is 16.0. The Bertz CT molecular complexity index is 774. The van der Waals surface area contributed by atoms with Gasteiger partial charge in [-0.1, -0.05) is 12.1 Å². The zero-order valence-electron chi connectivity index (χ0n) is 12.2. The third kappa shape index (κ3) is 4.03. The third-order valence-corrected chi connectivity index (χ3v) is 2.92. The maximum Gasteiger partial charge on any atom is 0.272 e. The van der Waals surface area contributed by atoms with E-state index in [9.17, 15) is 14.9 Å². The molecule has 0 aliphatic carbocycles. The van der Waals surface area contributed by atoms with E-state index in [-0.39, 0.29) is 16.9 Å². The van der Waals surface area contributed by atoms with Crippen molar-refractivity contribution in [1.29, 1.82) is 0 Å². The molecule has 1 amide bonds. The summed E-state index contributed by atoms with van der Waals surface area (Å²) < 4.78 is 5.15. The van der Waals surface area contributed by atoms with Crippen molar-refractivity contribution in [2.45, 2.75) is 0 Å². The smallest absolute Gasteiger partial charge is 0.272 e. The normalized spacial score (nSPS) is 10.5. The molecule has 118 valence electrons. The van der Waals surface area contributed by atoms with Crippen LogP contribution in [-0.2, 0) is 0 Å². The van der Waals surface area contributed by atoms with Crippen LogP contribution in [0.15, 0.2) is 47.6 Å². The molecule has 8 heteroatoms. The standard InChI is InChI=1S/C15H14N4O4/c1-23-14-5-3-2-4-10(14)9-17-18-15(20)11-6-12(16)8-13(7-11)19(21)22/h2-9H,16H2,1H3,(H,18,20)/b17-9+. The van der Waals surface area contributed by atoms with Gasteiger partial charge < -0.3 is 10.5 Å². The molecule has 0 aliphatic heterocycles. The van der Waals surface area contributed by atoms with Crippen molar-refractivity contribution >= 4 is 23.5 Å². The molecule has 0 saturated heterocycles. The number of benzene rings is 2. The maximum absolute atomic E-state index is 12.0. The number of hydrogen-bond donors (Lipinski definition) is 2. The molecular formula is C15H14N4O4. The number of carbonyl (C=O) groups is 1. The second-order valence-electron chi connectivity index (χ2n) is 4.51. The van der Waals surface area contributed by atoms with Crippen LogP contribution in [0.1, 0.15) is 15.9 Å². The van der Waals surface area contributed by atoms with Gasteiger partial charge in [-0.25, -0.2) is 5.43 Å². The van der Waals surface area contributed by atoms with Crippen molar-refractivity contribution in [2.75, 3.05) is 12.8 Å². The molecule has 0 bridgehead atoms. The average molecular weight is 314 g/mol. The Morgan fingerprint density at radius 3 is 2.78 bits per heavy atom. The number of ether oxygens (including phenoxy) is 1. The Balaban J connectivity index is 2.13. The number of rotatable bonds is 5. The van der Waals surface area contributed by atoms with E-state index in [1.54, 1.807) is 24.3 Å². The van der Waals surface area contributed by atoms with Crippen LogP contribution in [0.2, 0.25) is 0 Å². The molecule has 0 saturated carbocycles. The van der Waals surface area contributed by atoms with E-state index in [0.717, 1.165) is 6.07 Å². The summed E-state index contributed by atoms with van der Waals surface area (Å²) in [6.07, 6.45) is 1.41. The number of anilines is 1. The van der Waals surface area contributed by atoms with Crippen molar-refractivity contribution in [3.05, 3.63) is 63.7 Å². The lowest BCUT2D eigenvalue weighted by Gasteiger charge is -2.04. The zero-order chi connectivity index (χ0) is 16.8. The first-order chi connectivity index (χ1) is 11.0. The molecule has 0 heterocycles. The van der Waals surface area contributed by atoms with Crippen LogP contribution in [0, 0.1) is 10.1 Å². The van der Waals surface area contributed by atoms with Gasteiger partial charge in [0.2, 0.25) is 0 Å². The van der Waals surface area contributed by atoms with Gasteiger partial charge in [-0.2, -0.15) is 5.10 Å². The van der Waals surface area contributed by atoms with Crippen LogP contribution >= 0.6 is 0 Å². The zero-order valence-corrected chi connectivity index (χ0v) is 12.2. The monoisotopic (exact) mass is 314 g/mol. The number of nitro benzene ring substituents is 1. The maximum atomic E-state index is 12.0. The Hall–Kier alpha value is -3.42. The van der Waals surface area contributed by atoms with Crippen LogP contribution in [0.25, 0.3) is 0 Å². The molecule has 0 atom stereocenters. The fourth-order valence-corrected chi connectivity index (χ4v) is 1.87. The number of nitrogens with one attached hydrogen (secondary N) is 1. The summed E-state index contributed by atoms with van der Waals surface area (Å²) in [5, 5.41) is 14.6. The van der Waals surface area contributed by atoms with Crippen LogP contribution < -0.4 is 15.9 Å². The predicted octanol–water partition coefficient (Wildman–Crippen LogP) is 1.95. The summed E-state index contributed by atoms with van der Waals surface area (Å²) in [4.78, 5) is 22.1. The summed E-state index contributed by atoms with van der Waals surface area (Å²) in [6, 6.07) is 10.8. The van der Waals surface area contributed by atoms with Crippen molar-refractivity contribution in [1.82, 2.24) is 5.43 Å². The van der Waals surface area contributed by atoms with Gasteiger partial charge in [0.05, 0.1) is 23.8 Å². The highest BCUT2D eigenvalue weighted by atomic mass is 16.6. The number of carbonyl (C=O) groups excluding carboxylic acids is 1.